The second kappa shape index (κ2) is 3.94. The highest BCUT2D eigenvalue weighted by Gasteiger charge is 2.32. The van der Waals surface area contributed by atoms with E-state index in [0.29, 0.717) is 18.8 Å². The molecule has 0 spiro atoms. The lowest BCUT2D eigenvalue weighted by atomic mass is 10.2. The zero-order valence-corrected chi connectivity index (χ0v) is 9.94. The molecule has 2 aromatic rings. The van der Waals surface area contributed by atoms with Gasteiger partial charge in [0.25, 0.3) is 0 Å². The first-order valence-electron chi connectivity index (χ1n) is 5.80. The summed E-state index contributed by atoms with van der Waals surface area (Å²) in [5.74, 6) is -0.138. The van der Waals surface area contributed by atoms with Crippen molar-refractivity contribution in [3.8, 4) is 0 Å². The second-order valence-electron chi connectivity index (χ2n) is 4.39. The Morgan fingerprint density at radius 1 is 1.50 bits per heavy atom. The number of hydrogen-bond acceptors (Lipinski definition) is 5. The van der Waals surface area contributed by atoms with Gasteiger partial charge in [0.1, 0.15) is 18.2 Å². The molecule has 1 saturated heterocycles. The first-order valence-corrected chi connectivity index (χ1v) is 5.80. The third-order valence-corrected chi connectivity index (χ3v) is 3.32. The Balaban J connectivity index is 2.11. The van der Waals surface area contributed by atoms with E-state index in [9.17, 15) is 9.90 Å². The van der Waals surface area contributed by atoms with E-state index in [-0.39, 0.29) is 0 Å². The number of aryl methyl sites for hydroxylation is 1. The van der Waals surface area contributed by atoms with Crippen LogP contribution in [0.2, 0.25) is 0 Å². The smallest absolute Gasteiger partial charge is 0.326 e. The fourth-order valence-electron chi connectivity index (χ4n) is 2.46. The molecule has 7 heteroatoms. The quantitative estimate of drug-likeness (QED) is 0.827. The molecule has 7 nitrogen and oxygen atoms in total. The number of carbonyl (C=O) groups is 1. The predicted molar refractivity (Wildman–Crippen MR) is 64.3 cm³/mol. The number of aliphatic carboxylic acids is 1. The summed E-state index contributed by atoms with van der Waals surface area (Å²) >= 11 is 0. The van der Waals surface area contributed by atoms with E-state index < -0.39 is 12.0 Å². The normalized spacial score (nSPS) is 19.6. The van der Waals surface area contributed by atoms with E-state index >= 15 is 0 Å². The minimum Gasteiger partial charge on any atom is -0.480 e. The molecule has 2 aromatic heterocycles. The number of carboxylic acid groups (broad SMARTS) is 1. The molecular formula is C11H13N5O2. The number of fused-ring (bicyclic) bond motifs is 1. The summed E-state index contributed by atoms with van der Waals surface area (Å²) in [5.41, 5.74) is 0.719. The molecule has 0 saturated carbocycles. The van der Waals surface area contributed by atoms with Gasteiger partial charge in [-0.15, -0.1) is 0 Å². The van der Waals surface area contributed by atoms with Gasteiger partial charge in [-0.3, -0.25) is 4.68 Å². The van der Waals surface area contributed by atoms with Crippen LogP contribution in [-0.2, 0) is 11.8 Å². The van der Waals surface area contributed by atoms with Gasteiger partial charge in [-0.25, -0.2) is 14.8 Å². The van der Waals surface area contributed by atoms with Crippen molar-refractivity contribution in [3.05, 3.63) is 12.5 Å². The first-order chi connectivity index (χ1) is 8.68. The van der Waals surface area contributed by atoms with Crippen LogP contribution in [0.3, 0.4) is 0 Å². The number of anilines is 1. The van der Waals surface area contributed by atoms with E-state index in [1.54, 1.807) is 17.9 Å². The molecule has 0 radical (unpaired) electrons. The van der Waals surface area contributed by atoms with Crippen LogP contribution >= 0.6 is 0 Å². The van der Waals surface area contributed by atoms with E-state index in [1.807, 2.05) is 4.90 Å². The lowest BCUT2D eigenvalue weighted by Gasteiger charge is -2.22. The lowest BCUT2D eigenvalue weighted by Crippen LogP contribution is -2.36. The Bertz CT molecular complexity index is 608. The highest BCUT2D eigenvalue weighted by molar-refractivity contribution is 5.89. The van der Waals surface area contributed by atoms with E-state index in [2.05, 4.69) is 15.1 Å². The highest BCUT2D eigenvalue weighted by atomic mass is 16.4. The van der Waals surface area contributed by atoms with Crippen LogP contribution in [0.5, 0.6) is 0 Å². The van der Waals surface area contributed by atoms with Gasteiger partial charge < -0.3 is 10.0 Å². The molecule has 0 aliphatic carbocycles. The van der Waals surface area contributed by atoms with Crippen LogP contribution in [0.1, 0.15) is 12.8 Å². The van der Waals surface area contributed by atoms with E-state index in [0.717, 1.165) is 17.5 Å². The number of aromatic nitrogens is 4. The third-order valence-electron chi connectivity index (χ3n) is 3.32. The van der Waals surface area contributed by atoms with Gasteiger partial charge in [0.15, 0.2) is 5.65 Å². The fourth-order valence-corrected chi connectivity index (χ4v) is 2.46. The molecule has 1 unspecified atom stereocenters. The van der Waals surface area contributed by atoms with Crippen molar-refractivity contribution in [2.75, 3.05) is 11.4 Å². The summed E-state index contributed by atoms with van der Waals surface area (Å²) in [7, 11) is 1.80. The van der Waals surface area contributed by atoms with Crippen molar-refractivity contribution in [1.29, 1.82) is 0 Å². The SMILES string of the molecule is Cn1ncc2c(N3CCCC3C(=O)O)ncnc21. The van der Waals surface area contributed by atoms with E-state index in [4.69, 9.17) is 0 Å². The maximum Gasteiger partial charge on any atom is 0.326 e. The summed E-state index contributed by atoms with van der Waals surface area (Å²) in [6.45, 7) is 0.706. The molecule has 1 fully saturated rings. The zero-order valence-electron chi connectivity index (χ0n) is 9.94. The minimum absolute atomic E-state index is 0.497. The second-order valence-corrected chi connectivity index (χ2v) is 4.39. The van der Waals surface area contributed by atoms with Crippen LogP contribution in [0, 0.1) is 0 Å². The minimum atomic E-state index is -0.803. The molecule has 1 atom stereocenters. The first kappa shape index (κ1) is 10.9. The molecular weight excluding hydrogens is 234 g/mol. The Hall–Kier alpha value is -2.18. The molecule has 1 aliphatic rings. The maximum absolute atomic E-state index is 11.2. The van der Waals surface area contributed by atoms with Crippen molar-refractivity contribution >= 4 is 22.8 Å². The average molecular weight is 247 g/mol. The monoisotopic (exact) mass is 247 g/mol. The van der Waals surface area contributed by atoms with Gasteiger partial charge in [-0.2, -0.15) is 5.10 Å². The third kappa shape index (κ3) is 1.51. The van der Waals surface area contributed by atoms with Gasteiger partial charge in [-0.05, 0) is 12.8 Å². The Labute approximate surface area is 103 Å². The van der Waals surface area contributed by atoms with Gasteiger partial charge in [0.05, 0.1) is 11.6 Å². The van der Waals surface area contributed by atoms with Gasteiger partial charge in [0.2, 0.25) is 0 Å². The highest BCUT2D eigenvalue weighted by Crippen LogP contribution is 2.29. The van der Waals surface area contributed by atoms with Crippen molar-refractivity contribution < 1.29 is 9.90 Å². The summed E-state index contributed by atoms with van der Waals surface area (Å²) in [6, 6.07) is -0.497. The molecule has 3 rings (SSSR count). The largest absolute Gasteiger partial charge is 0.480 e. The van der Waals surface area contributed by atoms with Crippen molar-refractivity contribution in [3.63, 3.8) is 0 Å². The number of nitrogens with zero attached hydrogens (tertiary/aromatic N) is 5. The molecule has 0 bridgehead atoms. The van der Waals surface area contributed by atoms with Crippen LogP contribution in [0.4, 0.5) is 5.82 Å². The summed E-state index contributed by atoms with van der Waals surface area (Å²) in [5, 5.41) is 14.2. The molecule has 3 heterocycles. The van der Waals surface area contributed by atoms with Gasteiger partial charge in [-0.1, -0.05) is 0 Å². The summed E-state index contributed by atoms with van der Waals surface area (Å²) < 4.78 is 1.66. The molecule has 94 valence electrons. The number of hydrogen-bond donors (Lipinski definition) is 1. The predicted octanol–water partition coefficient (Wildman–Crippen LogP) is 0.417. The van der Waals surface area contributed by atoms with Gasteiger partial charge in [0, 0.05) is 13.6 Å². The number of carboxylic acids is 1. The topological polar surface area (TPSA) is 84.1 Å². The molecule has 0 amide bonds. The summed E-state index contributed by atoms with van der Waals surface area (Å²) in [6.07, 6.45) is 4.66. The molecule has 18 heavy (non-hydrogen) atoms. The van der Waals surface area contributed by atoms with Crippen LogP contribution in [0.15, 0.2) is 12.5 Å². The standard InChI is InChI=1S/C11H13N5O2/c1-15-9-7(5-14-15)10(13-6-12-9)16-4-2-3-8(16)11(17)18/h5-6,8H,2-4H2,1H3,(H,17,18). The van der Waals surface area contributed by atoms with Crippen molar-refractivity contribution in [2.24, 2.45) is 7.05 Å². The molecule has 1 N–H and O–H groups in total. The molecule has 0 aromatic carbocycles. The maximum atomic E-state index is 11.2. The Kier molecular flexibility index (Phi) is 2.39. The number of rotatable bonds is 2. The van der Waals surface area contributed by atoms with Crippen LogP contribution in [0.25, 0.3) is 11.0 Å². The Morgan fingerprint density at radius 3 is 3.11 bits per heavy atom. The van der Waals surface area contributed by atoms with Crippen LogP contribution in [-0.4, -0.2) is 43.4 Å². The lowest BCUT2D eigenvalue weighted by molar-refractivity contribution is -0.138. The van der Waals surface area contributed by atoms with Gasteiger partial charge >= 0.3 is 5.97 Å². The van der Waals surface area contributed by atoms with Crippen molar-refractivity contribution in [1.82, 2.24) is 19.7 Å². The zero-order chi connectivity index (χ0) is 12.7. The van der Waals surface area contributed by atoms with Crippen molar-refractivity contribution in [2.45, 2.75) is 18.9 Å². The Morgan fingerprint density at radius 2 is 2.33 bits per heavy atom. The summed E-state index contributed by atoms with van der Waals surface area (Å²) in [4.78, 5) is 21.4. The van der Waals surface area contributed by atoms with E-state index in [1.165, 1.54) is 6.33 Å². The van der Waals surface area contributed by atoms with Crippen LogP contribution < -0.4 is 4.90 Å². The fraction of sp³-hybridized carbons (Fsp3) is 0.455. The average Bonchev–Trinajstić information content (AvgIpc) is 2.96. The molecule has 1 aliphatic heterocycles.